The summed E-state index contributed by atoms with van der Waals surface area (Å²) < 4.78 is 32.1. The van der Waals surface area contributed by atoms with Crippen molar-refractivity contribution in [1.29, 1.82) is 0 Å². The van der Waals surface area contributed by atoms with Gasteiger partial charge in [0.25, 0.3) is 0 Å². The Balaban J connectivity index is 1.66. The van der Waals surface area contributed by atoms with Crippen LogP contribution in [0.3, 0.4) is 0 Å². The molecular weight excluding hydrogens is 350 g/mol. The summed E-state index contributed by atoms with van der Waals surface area (Å²) in [5, 5.41) is 0. The lowest BCUT2D eigenvalue weighted by atomic mass is 9.89. The van der Waals surface area contributed by atoms with Crippen molar-refractivity contribution in [3.05, 3.63) is 59.7 Å². The van der Waals surface area contributed by atoms with Gasteiger partial charge in [-0.3, -0.25) is 4.79 Å². The number of Topliss-reactive ketones (excluding diaryl/α,β-unsaturated/α-hetero) is 1. The number of ketones is 1. The van der Waals surface area contributed by atoms with Gasteiger partial charge in [0, 0.05) is 24.6 Å². The average molecular weight is 373 g/mol. The molecule has 0 atom stereocenters. The van der Waals surface area contributed by atoms with Crippen molar-refractivity contribution in [2.75, 3.05) is 20.2 Å². The monoisotopic (exact) mass is 373 g/mol. The van der Waals surface area contributed by atoms with Crippen LogP contribution in [0, 0.1) is 12.8 Å². The van der Waals surface area contributed by atoms with Gasteiger partial charge in [-0.15, -0.1) is 0 Å². The fraction of sp³-hybridized carbons (Fsp3) is 0.350. The molecule has 0 spiro atoms. The van der Waals surface area contributed by atoms with E-state index in [0.29, 0.717) is 42.1 Å². The first-order chi connectivity index (χ1) is 12.4. The molecule has 0 aliphatic carbocycles. The molecule has 1 aliphatic heterocycles. The van der Waals surface area contributed by atoms with E-state index in [1.165, 1.54) is 4.31 Å². The van der Waals surface area contributed by atoms with Crippen LogP contribution in [0.5, 0.6) is 5.75 Å². The van der Waals surface area contributed by atoms with E-state index in [1.54, 1.807) is 55.6 Å². The molecule has 0 amide bonds. The average Bonchev–Trinajstić information content (AvgIpc) is 2.68. The molecule has 0 unspecified atom stereocenters. The van der Waals surface area contributed by atoms with Crippen LogP contribution in [0.15, 0.2) is 53.4 Å². The number of carbonyl (C=O) groups is 1. The molecule has 2 aromatic rings. The Kier molecular flexibility index (Phi) is 5.44. The molecule has 0 radical (unpaired) electrons. The van der Waals surface area contributed by atoms with Gasteiger partial charge in [-0.2, -0.15) is 4.31 Å². The van der Waals surface area contributed by atoms with Crippen molar-refractivity contribution in [2.45, 2.75) is 24.7 Å². The smallest absolute Gasteiger partial charge is 0.243 e. The number of benzene rings is 2. The normalized spacial score (nSPS) is 16.4. The second kappa shape index (κ2) is 7.60. The van der Waals surface area contributed by atoms with Crippen LogP contribution in [0.2, 0.25) is 0 Å². The standard InChI is InChI=1S/C20H23NO4S/c1-15-3-9-19(10-4-15)26(23,24)21-13-11-17(12-14-21)20(22)16-5-7-18(25-2)8-6-16/h3-10,17H,11-14H2,1-2H3. The summed E-state index contributed by atoms with van der Waals surface area (Å²) in [4.78, 5) is 13.0. The highest BCUT2D eigenvalue weighted by Crippen LogP contribution is 2.27. The minimum Gasteiger partial charge on any atom is -0.497 e. The molecule has 1 saturated heterocycles. The first kappa shape index (κ1) is 18.6. The number of hydrogen-bond acceptors (Lipinski definition) is 4. The molecule has 1 fully saturated rings. The Morgan fingerprint density at radius 3 is 2.12 bits per heavy atom. The lowest BCUT2D eigenvalue weighted by Gasteiger charge is -2.30. The first-order valence-corrected chi connectivity index (χ1v) is 10.1. The zero-order valence-corrected chi connectivity index (χ0v) is 15.8. The van der Waals surface area contributed by atoms with E-state index in [1.807, 2.05) is 6.92 Å². The van der Waals surface area contributed by atoms with E-state index in [0.717, 1.165) is 5.56 Å². The molecule has 3 rings (SSSR count). The molecule has 0 N–H and O–H groups in total. The lowest BCUT2D eigenvalue weighted by Crippen LogP contribution is -2.40. The summed E-state index contributed by atoms with van der Waals surface area (Å²) in [6.45, 7) is 2.65. The molecule has 0 aromatic heterocycles. The van der Waals surface area contributed by atoms with E-state index < -0.39 is 10.0 Å². The Labute approximate surface area is 154 Å². The van der Waals surface area contributed by atoms with Crippen LogP contribution in [-0.4, -0.2) is 38.7 Å². The van der Waals surface area contributed by atoms with Gasteiger partial charge in [0.2, 0.25) is 10.0 Å². The van der Waals surface area contributed by atoms with Crippen molar-refractivity contribution in [2.24, 2.45) is 5.92 Å². The number of sulfonamides is 1. The topological polar surface area (TPSA) is 63.7 Å². The molecule has 6 heteroatoms. The van der Waals surface area contributed by atoms with Crippen LogP contribution in [-0.2, 0) is 10.0 Å². The number of piperidine rings is 1. The third-order valence-corrected chi connectivity index (χ3v) is 6.77. The quantitative estimate of drug-likeness (QED) is 0.755. The number of rotatable bonds is 5. The fourth-order valence-corrected chi connectivity index (χ4v) is 4.68. The molecule has 0 saturated carbocycles. The molecule has 2 aromatic carbocycles. The Bertz CT molecular complexity index is 865. The number of carbonyl (C=O) groups excluding carboxylic acids is 1. The van der Waals surface area contributed by atoms with E-state index in [-0.39, 0.29) is 11.7 Å². The summed E-state index contributed by atoms with van der Waals surface area (Å²) in [6.07, 6.45) is 1.08. The van der Waals surface area contributed by atoms with Gasteiger partial charge in [0.15, 0.2) is 5.78 Å². The van der Waals surface area contributed by atoms with Gasteiger partial charge in [0.05, 0.1) is 12.0 Å². The predicted molar refractivity (Wildman–Crippen MR) is 100.0 cm³/mol. The number of ether oxygens (including phenoxy) is 1. The minimum absolute atomic E-state index is 0.0695. The molecule has 138 valence electrons. The lowest BCUT2D eigenvalue weighted by molar-refractivity contribution is 0.0875. The number of hydrogen-bond donors (Lipinski definition) is 0. The SMILES string of the molecule is COc1ccc(C(=O)C2CCN(S(=O)(=O)c3ccc(C)cc3)CC2)cc1. The first-order valence-electron chi connectivity index (χ1n) is 8.67. The summed E-state index contributed by atoms with van der Waals surface area (Å²) in [5.41, 5.74) is 1.67. The van der Waals surface area contributed by atoms with Gasteiger partial charge in [-0.05, 0) is 56.2 Å². The number of aryl methyl sites for hydroxylation is 1. The maximum Gasteiger partial charge on any atom is 0.243 e. The number of methoxy groups -OCH3 is 1. The van der Waals surface area contributed by atoms with Gasteiger partial charge in [-0.25, -0.2) is 8.42 Å². The van der Waals surface area contributed by atoms with E-state index in [4.69, 9.17) is 4.74 Å². The third-order valence-electron chi connectivity index (χ3n) is 4.86. The zero-order valence-electron chi connectivity index (χ0n) is 15.0. The van der Waals surface area contributed by atoms with E-state index in [9.17, 15) is 13.2 Å². The van der Waals surface area contributed by atoms with Gasteiger partial charge >= 0.3 is 0 Å². The van der Waals surface area contributed by atoms with Gasteiger partial charge < -0.3 is 4.74 Å². The van der Waals surface area contributed by atoms with Crippen LogP contribution >= 0.6 is 0 Å². The third kappa shape index (κ3) is 3.81. The Morgan fingerprint density at radius 1 is 1.00 bits per heavy atom. The van der Waals surface area contributed by atoms with E-state index >= 15 is 0 Å². The maximum atomic E-state index is 12.7. The Morgan fingerprint density at radius 2 is 1.58 bits per heavy atom. The zero-order chi connectivity index (χ0) is 18.7. The van der Waals surface area contributed by atoms with Crippen molar-refractivity contribution in [1.82, 2.24) is 4.31 Å². The van der Waals surface area contributed by atoms with Crippen LogP contribution in [0.1, 0.15) is 28.8 Å². The summed E-state index contributed by atoms with van der Waals surface area (Å²) in [6, 6.07) is 13.9. The highest BCUT2D eigenvalue weighted by atomic mass is 32.2. The maximum absolute atomic E-state index is 12.7. The summed E-state index contributed by atoms with van der Waals surface area (Å²) in [5.74, 6) is 0.633. The van der Waals surface area contributed by atoms with E-state index in [2.05, 4.69) is 0 Å². The molecule has 26 heavy (non-hydrogen) atoms. The van der Waals surface area contributed by atoms with Gasteiger partial charge in [0.1, 0.15) is 5.75 Å². The highest BCUT2D eigenvalue weighted by Gasteiger charge is 2.32. The second-order valence-corrected chi connectivity index (χ2v) is 8.52. The predicted octanol–water partition coefficient (Wildman–Crippen LogP) is 3.29. The van der Waals surface area contributed by atoms with Crippen molar-refractivity contribution in [3.8, 4) is 5.75 Å². The summed E-state index contributed by atoms with van der Waals surface area (Å²) >= 11 is 0. The molecule has 0 bridgehead atoms. The second-order valence-electron chi connectivity index (χ2n) is 6.58. The van der Waals surface area contributed by atoms with Crippen molar-refractivity contribution >= 4 is 15.8 Å². The summed E-state index contributed by atoms with van der Waals surface area (Å²) in [7, 11) is -1.91. The fourth-order valence-electron chi connectivity index (χ4n) is 3.21. The number of nitrogens with zero attached hydrogens (tertiary/aromatic N) is 1. The van der Waals surface area contributed by atoms with Crippen LogP contribution < -0.4 is 4.74 Å². The largest absolute Gasteiger partial charge is 0.497 e. The van der Waals surface area contributed by atoms with Crippen LogP contribution in [0.4, 0.5) is 0 Å². The Hall–Kier alpha value is -2.18. The molecule has 5 nitrogen and oxygen atoms in total. The minimum atomic E-state index is -3.50. The molecule has 1 aliphatic rings. The van der Waals surface area contributed by atoms with Crippen molar-refractivity contribution in [3.63, 3.8) is 0 Å². The molecule has 1 heterocycles. The molecular formula is C20H23NO4S. The van der Waals surface area contributed by atoms with Crippen LogP contribution in [0.25, 0.3) is 0 Å². The highest BCUT2D eigenvalue weighted by molar-refractivity contribution is 7.89. The van der Waals surface area contributed by atoms with Gasteiger partial charge in [-0.1, -0.05) is 17.7 Å². The van der Waals surface area contributed by atoms with Crippen molar-refractivity contribution < 1.29 is 17.9 Å².